The van der Waals surface area contributed by atoms with E-state index < -0.39 is 11.9 Å². The van der Waals surface area contributed by atoms with Gasteiger partial charge in [0.15, 0.2) is 0 Å². The molecule has 3 amide bonds. The maximum Gasteiger partial charge on any atom is 0.337 e. The van der Waals surface area contributed by atoms with Crippen LogP contribution in [0, 0.1) is 6.92 Å². The van der Waals surface area contributed by atoms with E-state index in [9.17, 15) is 9.59 Å². The number of aryl methyl sites for hydroxylation is 2. The molecule has 0 spiro atoms. The molecule has 1 aromatic carbocycles. The highest BCUT2D eigenvalue weighted by molar-refractivity contribution is 5.97. The molecular formula is C15H17N3O3. The lowest BCUT2D eigenvalue weighted by Crippen LogP contribution is -2.44. The third-order valence-electron chi connectivity index (χ3n) is 2.99. The van der Waals surface area contributed by atoms with Gasteiger partial charge in [-0.3, -0.25) is 10.2 Å². The molecule has 0 bridgehead atoms. The number of carbonyl (C=O) groups excluding carboxylic acids is 2. The monoisotopic (exact) mass is 287 g/mol. The first-order chi connectivity index (χ1) is 10.1. The average molecular weight is 287 g/mol. The topological polar surface area (TPSA) is 83.4 Å². The standard InChI is InChI=1S/C15H17N3O3/c1-3-11-5-4-6-12(9-11)16-15(20)18-17-14(19)13-7-8-21-10(13)2/h4-9H,3H2,1-2H3,(H,17,19)(H2,16,18,20). The van der Waals surface area contributed by atoms with Gasteiger partial charge in [-0.05, 0) is 37.1 Å². The second-order valence-corrected chi connectivity index (χ2v) is 4.48. The quantitative estimate of drug-likeness (QED) is 0.759. The maximum absolute atomic E-state index is 11.8. The molecule has 0 aliphatic rings. The molecule has 0 saturated heterocycles. The number of anilines is 1. The molecule has 21 heavy (non-hydrogen) atoms. The number of benzene rings is 1. The minimum atomic E-state index is -0.516. The van der Waals surface area contributed by atoms with Gasteiger partial charge in [0, 0.05) is 5.69 Å². The summed E-state index contributed by atoms with van der Waals surface area (Å²) in [6.45, 7) is 3.71. The summed E-state index contributed by atoms with van der Waals surface area (Å²) in [4.78, 5) is 23.5. The van der Waals surface area contributed by atoms with Gasteiger partial charge >= 0.3 is 6.03 Å². The fraction of sp³-hybridized carbons (Fsp3) is 0.200. The summed E-state index contributed by atoms with van der Waals surface area (Å²) in [7, 11) is 0. The molecule has 2 aromatic rings. The van der Waals surface area contributed by atoms with E-state index in [0.717, 1.165) is 12.0 Å². The van der Waals surface area contributed by atoms with Gasteiger partial charge in [0.25, 0.3) is 5.91 Å². The number of hydrogen-bond donors (Lipinski definition) is 3. The first kappa shape index (κ1) is 14.6. The smallest absolute Gasteiger partial charge is 0.337 e. The van der Waals surface area contributed by atoms with Crippen LogP contribution in [0.2, 0.25) is 0 Å². The van der Waals surface area contributed by atoms with Gasteiger partial charge in [0.1, 0.15) is 5.76 Å². The molecule has 110 valence electrons. The Morgan fingerprint density at radius 3 is 2.67 bits per heavy atom. The molecule has 0 atom stereocenters. The number of urea groups is 1. The number of rotatable bonds is 3. The number of hydrogen-bond acceptors (Lipinski definition) is 3. The third kappa shape index (κ3) is 3.85. The van der Waals surface area contributed by atoms with Crippen LogP contribution in [0.25, 0.3) is 0 Å². The Labute approximate surface area is 122 Å². The van der Waals surface area contributed by atoms with E-state index in [0.29, 0.717) is 17.0 Å². The van der Waals surface area contributed by atoms with Gasteiger partial charge in [-0.15, -0.1) is 0 Å². The van der Waals surface area contributed by atoms with E-state index in [2.05, 4.69) is 16.2 Å². The van der Waals surface area contributed by atoms with E-state index in [-0.39, 0.29) is 0 Å². The lowest BCUT2D eigenvalue weighted by atomic mass is 10.1. The molecule has 6 heteroatoms. The number of nitrogens with one attached hydrogen (secondary N) is 3. The van der Waals surface area contributed by atoms with Crippen molar-refractivity contribution in [2.45, 2.75) is 20.3 Å². The van der Waals surface area contributed by atoms with Crippen LogP contribution in [0.3, 0.4) is 0 Å². The van der Waals surface area contributed by atoms with Crippen molar-refractivity contribution >= 4 is 17.6 Å². The van der Waals surface area contributed by atoms with Crippen molar-refractivity contribution in [2.75, 3.05) is 5.32 Å². The molecule has 0 radical (unpaired) electrons. The Balaban J connectivity index is 1.87. The second-order valence-electron chi connectivity index (χ2n) is 4.48. The van der Waals surface area contributed by atoms with Crippen molar-refractivity contribution in [2.24, 2.45) is 0 Å². The Hall–Kier alpha value is -2.76. The number of amides is 3. The maximum atomic E-state index is 11.8. The van der Waals surface area contributed by atoms with E-state index >= 15 is 0 Å². The van der Waals surface area contributed by atoms with Crippen LogP contribution in [0.1, 0.15) is 28.6 Å². The predicted molar refractivity (Wildman–Crippen MR) is 78.9 cm³/mol. The highest BCUT2D eigenvalue weighted by atomic mass is 16.3. The molecule has 1 aromatic heterocycles. The van der Waals surface area contributed by atoms with Gasteiger partial charge in [-0.1, -0.05) is 19.1 Å². The van der Waals surface area contributed by atoms with E-state index in [4.69, 9.17) is 4.42 Å². The zero-order valence-corrected chi connectivity index (χ0v) is 11.9. The van der Waals surface area contributed by atoms with E-state index in [1.807, 2.05) is 25.1 Å². The van der Waals surface area contributed by atoms with Crippen LogP contribution in [-0.4, -0.2) is 11.9 Å². The van der Waals surface area contributed by atoms with Crippen molar-refractivity contribution in [3.63, 3.8) is 0 Å². The first-order valence-electron chi connectivity index (χ1n) is 6.60. The van der Waals surface area contributed by atoms with Crippen molar-refractivity contribution < 1.29 is 14.0 Å². The normalized spacial score (nSPS) is 10.0. The number of hydrazine groups is 1. The van der Waals surface area contributed by atoms with Crippen LogP contribution in [0.5, 0.6) is 0 Å². The van der Waals surface area contributed by atoms with E-state index in [1.54, 1.807) is 13.0 Å². The van der Waals surface area contributed by atoms with Crippen LogP contribution in [-0.2, 0) is 6.42 Å². The van der Waals surface area contributed by atoms with Crippen LogP contribution in [0.15, 0.2) is 41.0 Å². The Kier molecular flexibility index (Phi) is 4.61. The van der Waals surface area contributed by atoms with Gasteiger partial charge in [0.05, 0.1) is 11.8 Å². The zero-order chi connectivity index (χ0) is 15.2. The molecule has 2 rings (SSSR count). The summed E-state index contributed by atoms with van der Waals surface area (Å²) in [5, 5.41) is 2.64. The van der Waals surface area contributed by atoms with Crippen LogP contribution < -0.4 is 16.2 Å². The van der Waals surface area contributed by atoms with Crippen LogP contribution in [0.4, 0.5) is 10.5 Å². The molecule has 0 unspecified atom stereocenters. The first-order valence-corrected chi connectivity index (χ1v) is 6.60. The molecule has 0 fully saturated rings. The molecule has 0 saturated carbocycles. The van der Waals surface area contributed by atoms with Gasteiger partial charge < -0.3 is 9.73 Å². The van der Waals surface area contributed by atoms with Gasteiger partial charge in [-0.25, -0.2) is 10.2 Å². The summed E-state index contributed by atoms with van der Waals surface area (Å²) in [6, 6.07) is 8.52. The lowest BCUT2D eigenvalue weighted by Gasteiger charge is -2.09. The van der Waals surface area contributed by atoms with Crippen molar-refractivity contribution in [3.8, 4) is 0 Å². The molecule has 0 aliphatic carbocycles. The molecule has 1 heterocycles. The molecular weight excluding hydrogens is 270 g/mol. The highest BCUT2D eigenvalue weighted by Gasteiger charge is 2.12. The number of carbonyl (C=O) groups is 2. The zero-order valence-electron chi connectivity index (χ0n) is 11.9. The summed E-state index contributed by atoms with van der Waals surface area (Å²) in [6.07, 6.45) is 2.30. The Bertz CT molecular complexity index is 649. The lowest BCUT2D eigenvalue weighted by molar-refractivity contribution is 0.0936. The fourth-order valence-corrected chi connectivity index (χ4v) is 1.83. The Morgan fingerprint density at radius 2 is 2.00 bits per heavy atom. The van der Waals surface area contributed by atoms with Crippen molar-refractivity contribution in [3.05, 3.63) is 53.5 Å². The summed E-state index contributed by atoms with van der Waals surface area (Å²) in [5.74, 6) is 0.0593. The van der Waals surface area contributed by atoms with Crippen LogP contribution >= 0.6 is 0 Å². The van der Waals surface area contributed by atoms with Gasteiger partial charge in [-0.2, -0.15) is 0 Å². The third-order valence-corrected chi connectivity index (χ3v) is 2.99. The summed E-state index contributed by atoms with van der Waals surface area (Å²) in [5.41, 5.74) is 6.77. The fourth-order valence-electron chi connectivity index (χ4n) is 1.83. The molecule has 3 N–H and O–H groups in total. The SMILES string of the molecule is CCc1cccc(NC(=O)NNC(=O)c2ccoc2C)c1. The second kappa shape index (κ2) is 6.60. The number of furan rings is 1. The average Bonchev–Trinajstić information content (AvgIpc) is 2.91. The van der Waals surface area contributed by atoms with E-state index in [1.165, 1.54) is 12.3 Å². The minimum absolute atomic E-state index is 0.378. The van der Waals surface area contributed by atoms with Crippen molar-refractivity contribution in [1.82, 2.24) is 10.9 Å². The predicted octanol–water partition coefficient (Wildman–Crippen LogP) is 2.62. The minimum Gasteiger partial charge on any atom is -0.469 e. The van der Waals surface area contributed by atoms with Crippen molar-refractivity contribution in [1.29, 1.82) is 0 Å². The molecule has 0 aliphatic heterocycles. The largest absolute Gasteiger partial charge is 0.469 e. The Morgan fingerprint density at radius 1 is 1.19 bits per heavy atom. The summed E-state index contributed by atoms with van der Waals surface area (Å²) < 4.78 is 5.02. The summed E-state index contributed by atoms with van der Waals surface area (Å²) >= 11 is 0. The highest BCUT2D eigenvalue weighted by Crippen LogP contribution is 2.11. The molecule has 6 nitrogen and oxygen atoms in total. The van der Waals surface area contributed by atoms with Gasteiger partial charge in [0.2, 0.25) is 0 Å².